The van der Waals surface area contributed by atoms with E-state index in [9.17, 15) is 18.0 Å². The Bertz CT molecular complexity index is 731. The van der Waals surface area contributed by atoms with Crippen molar-refractivity contribution < 1.29 is 18.0 Å². The predicted molar refractivity (Wildman–Crippen MR) is 82.9 cm³/mol. The first-order valence-corrected chi connectivity index (χ1v) is 6.66. The van der Waals surface area contributed by atoms with Crippen LogP contribution in [0, 0.1) is 12.3 Å². The van der Waals surface area contributed by atoms with Crippen molar-refractivity contribution in [1.82, 2.24) is 0 Å². The van der Waals surface area contributed by atoms with E-state index in [1.54, 1.807) is 24.3 Å². The Kier molecular flexibility index (Phi) is 4.91. The zero-order chi connectivity index (χ0) is 16.9. The smallest absolute Gasteiger partial charge is 0.376 e. The molecular weight excluding hydrogens is 305 g/mol. The summed E-state index contributed by atoms with van der Waals surface area (Å²) in [5, 5.41) is 5.40. The lowest BCUT2D eigenvalue weighted by atomic mass is 10.2. The van der Waals surface area contributed by atoms with Crippen LogP contribution in [0.4, 0.5) is 24.5 Å². The van der Waals surface area contributed by atoms with Crippen LogP contribution in [-0.4, -0.2) is 12.5 Å². The molecule has 0 radical (unpaired) electrons. The van der Waals surface area contributed by atoms with E-state index in [2.05, 4.69) is 16.6 Å². The summed E-state index contributed by atoms with van der Waals surface area (Å²) in [5.41, 5.74) is 0.892. The van der Waals surface area contributed by atoms with E-state index in [0.717, 1.165) is 12.1 Å². The van der Waals surface area contributed by atoms with Crippen LogP contribution in [0.1, 0.15) is 11.1 Å². The molecule has 0 unspecified atom stereocenters. The number of benzene rings is 2. The van der Waals surface area contributed by atoms with Gasteiger partial charge in [0.2, 0.25) is 5.91 Å². The third-order valence-corrected chi connectivity index (χ3v) is 2.98. The average molecular weight is 318 g/mol. The number of hydrogen-bond donors (Lipinski definition) is 2. The van der Waals surface area contributed by atoms with Crippen molar-refractivity contribution in [2.45, 2.75) is 6.18 Å². The van der Waals surface area contributed by atoms with E-state index in [0.29, 0.717) is 16.9 Å². The van der Waals surface area contributed by atoms with Gasteiger partial charge >= 0.3 is 6.18 Å². The minimum absolute atomic E-state index is 0.0327. The maximum absolute atomic E-state index is 12.4. The summed E-state index contributed by atoms with van der Waals surface area (Å²) in [6.07, 6.45) is 0.886. The van der Waals surface area contributed by atoms with Gasteiger partial charge in [0.05, 0.1) is 12.1 Å². The van der Waals surface area contributed by atoms with Crippen molar-refractivity contribution >= 4 is 17.3 Å². The zero-order valence-electron chi connectivity index (χ0n) is 11.9. The molecule has 0 aromatic heterocycles. The fourth-order valence-electron chi connectivity index (χ4n) is 1.85. The van der Waals surface area contributed by atoms with Gasteiger partial charge < -0.3 is 10.6 Å². The number of anilines is 2. The Labute approximate surface area is 131 Å². The number of terminal acetylenes is 1. The van der Waals surface area contributed by atoms with Crippen LogP contribution in [0.2, 0.25) is 0 Å². The summed E-state index contributed by atoms with van der Waals surface area (Å²) < 4.78 is 37.3. The summed E-state index contributed by atoms with van der Waals surface area (Å²) in [6.45, 7) is -0.0327. The Hall–Kier alpha value is -2.94. The number of carbonyl (C=O) groups is 1. The minimum Gasteiger partial charge on any atom is -0.376 e. The molecule has 0 spiro atoms. The Balaban J connectivity index is 1.91. The summed E-state index contributed by atoms with van der Waals surface area (Å²) >= 11 is 0. The van der Waals surface area contributed by atoms with Crippen molar-refractivity contribution in [2.75, 3.05) is 17.2 Å². The average Bonchev–Trinajstić information content (AvgIpc) is 2.53. The van der Waals surface area contributed by atoms with Gasteiger partial charge in [-0.15, -0.1) is 6.42 Å². The molecule has 0 fully saturated rings. The number of rotatable bonds is 4. The number of hydrogen-bond acceptors (Lipinski definition) is 2. The quantitative estimate of drug-likeness (QED) is 0.843. The third-order valence-electron chi connectivity index (χ3n) is 2.98. The SMILES string of the molecule is C#Cc1cccc(NCC(=O)Nc2ccc(C(F)(F)F)cc2)c1. The van der Waals surface area contributed by atoms with Gasteiger partial charge in [-0.1, -0.05) is 12.0 Å². The van der Waals surface area contributed by atoms with Crippen molar-refractivity contribution in [2.24, 2.45) is 0 Å². The van der Waals surface area contributed by atoms with E-state index >= 15 is 0 Å². The van der Waals surface area contributed by atoms with Gasteiger partial charge in [-0.05, 0) is 42.5 Å². The molecule has 2 aromatic carbocycles. The highest BCUT2D eigenvalue weighted by molar-refractivity contribution is 5.93. The standard InChI is InChI=1S/C17H13F3N2O/c1-2-12-4-3-5-15(10-12)21-11-16(23)22-14-8-6-13(7-9-14)17(18,19)20/h1,3-10,21H,11H2,(H,22,23). The summed E-state index contributed by atoms with van der Waals surface area (Å²) in [7, 11) is 0. The summed E-state index contributed by atoms with van der Waals surface area (Å²) in [5.74, 6) is 2.10. The molecule has 6 heteroatoms. The van der Waals surface area contributed by atoms with Crippen LogP contribution in [-0.2, 0) is 11.0 Å². The monoisotopic (exact) mass is 318 g/mol. The van der Waals surface area contributed by atoms with Gasteiger partial charge in [0, 0.05) is 16.9 Å². The molecule has 0 atom stereocenters. The topological polar surface area (TPSA) is 41.1 Å². The van der Waals surface area contributed by atoms with Gasteiger partial charge in [-0.3, -0.25) is 4.79 Å². The Morgan fingerprint density at radius 2 is 1.78 bits per heavy atom. The second kappa shape index (κ2) is 6.88. The van der Waals surface area contributed by atoms with Gasteiger partial charge in [0.15, 0.2) is 0 Å². The zero-order valence-corrected chi connectivity index (χ0v) is 11.9. The lowest BCUT2D eigenvalue weighted by Crippen LogP contribution is -2.21. The molecule has 2 rings (SSSR count). The molecular formula is C17H13F3N2O. The van der Waals surface area contributed by atoms with Crippen LogP contribution in [0.25, 0.3) is 0 Å². The number of halogens is 3. The van der Waals surface area contributed by atoms with Gasteiger partial charge in [-0.2, -0.15) is 13.2 Å². The molecule has 0 heterocycles. The molecule has 0 saturated heterocycles. The molecule has 1 amide bonds. The van der Waals surface area contributed by atoms with Crippen LogP contribution in [0.15, 0.2) is 48.5 Å². The van der Waals surface area contributed by atoms with Gasteiger partial charge in [0.1, 0.15) is 0 Å². The molecule has 0 aliphatic carbocycles. The van der Waals surface area contributed by atoms with Crippen LogP contribution < -0.4 is 10.6 Å². The molecule has 2 N–H and O–H groups in total. The van der Waals surface area contributed by atoms with E-state index < -0.39 is 11.7 Å². The first-order chi connectivity index (χ1) is 10.9. The highest BCUT2D eigenvalue weighted by Gasteiger charge is 2.29. The molecule has 2 aromatic rings. The fraction of sp³-hybridized carbons (Fsp3) is 0.118. The normalized spacial score (nSPS) is 10.7. The Morgan fingerprint density at radius 3 is 2.39 bits per heavy atom. The maximum atomic E-state index is 12.4. The number of nitrogens with one attached hydrogen (secondary N) is 2. The highest BCUT2D eigenvalue weighted by atomic mass is 19.4. The van der Waals surface area contributed by atoms with Crippen molar-refractivity contribution in [3.05, 3.63) is 59.7 Å². The van der Waals surface area contributed by atoms with E-state index in [-0.39, 0.29) is 12.5 Å². The predicted octanol–water partition coefficient (Wildman–Crippen LogP) is 3.74. The van der Waals surface area contributed by atoms with E-state index in [1.807, 2.05) is 0 Å². The fourth-order valence-corrected chi connectivity index (χ4v) is 1.85. The van der Waals surface area contributed by atoms with E-state index in [1.165, 1.54) is 12.1 Å². The lowest BCUT2D eigenvalue weighted by molar-refractivity contribution is -0.137. The van der Waals surface area contributed by atoms with E-state index in [4.69, 9.17) is 6.42 Å². The summed E-state index contributed by atoms with van der Waals surface area (Å²) in [4.78, 5) is 11.8. The highest BCUT2D eigenvalue weighted by Crippen LogP contribution is 2.29. The second-order valence-corrected chi connectivity index (χ2v) is 4.70. The minimum atomic E-state index is -4.40. The largest absolute Gasteiger partial charge is 0.416 e. The molecule has 0 aliphatic heterocycles. The molecule has 0 aliphatic rings. The molecule has 23 heavy (non-hydrogen) atoms. The maximum Gasteiger partial charge on any atom is 0.416 e. The van der Waals surface area contributed by atoms with Crippen molar-refractivity contribution in [3.63, 3.8) is 0 Å². The third kappa shape index (κ3) is 4.78. The lowest BCUT2D eigenvalue weighted by Gasteiger charge is -2.10. The molecule has 0 bridgehead atoms. The van der Waals surface area contributed by atoms with Crippen molar-refractivity contribution in [3.8, 4) is 12.3 Å². The van der Waals surface area contributed by atoms with Crippen LogP contribution in [0.3, 0.4) is 0 Å². The number of alkyl halides is 3. The number of carbonyl (C=O) groups excluding carboxylic acids is 1. The second-order valence-electron chi connectivity index (χ2n) is 4.70. The van der Waals surface area contributed by atoms with Gasteiger partial charge in [-0.25, -0.2) is 0 Å². The van der Waals surface area contributed by atoms with Crippen LogP contribution >= 0.6 is 0 Å². The first-order valence-electron chi connectivity index (χ1n) is 6.66. The number of amides is 1. The molecule has 0 saturated carbocycles. The van der Waals surface area contributed by atoms with Crippen molar-refractivity contribution in [1.29, 1.82) is 0 Å². The molecule has 118 valence electrons. The first kappa shape index (κ1) is 16.4. The Morgan fingerprint density at radius 1 is 1.09 bits per heavy atom. The van der Waals surface area contributed by atoms with Gasteiger partial charge in [0.25, 0.3) is 0 Å². The molecule has 3 nitrogen and oxygen atoms in total. The summed E-state index contributed by atoms with van der Waals surface area (Å²) in [6, 6.07) is 11.2. The van der Waals surface area contributed by atoms with Crippen LogP contribution in [0.5, 0.6) is 0 Å².